The summed E-state index contributed by atoms with van der Waals surface area (Å²) in [5.41, 5.74) is 1.10. The van der Waals surface area contributed by atoms with Gasteiger partial charge in [0.2, 0.25) is 0 Å². The van der Waals surface area contributed by atoms with Gasteiger partial charge in [-0.25, -0.2) is 9.97 Å². The van der Waals surface area contributed by atoms with Gasteiger partial charge >= 0.3 is 6.01 Å². The minimum absolute atomic E-state index is 0.159. The van der Waals surface area contributed by atoms with Crippen molar-refractivity contribution >= 4 is 27.1 Å². The Morgan fingerprint density at radius 3 is 2.75 bits per heavy atom. The third-order valence-corrected chi connectivity index (χ3v) is 5.27. The lowest BCUT2D eigenvalue weighted by Gasteiger charge is -2.17. The zero-order valence-corrected chi connectivity index (χ0v) is 14.5. The number of aliphatic hydroxyl groups is 2. The Hall–Kier alpha value is -1.29. The molecule has 1 saturated heterocycles. The number of nitrogens with zero attached hydrogens (tertiary/aromatic N) is 4. The molecule has 4 rings (SSSR count). The van der Waals surface area contributed by atoms with Crippen LogP contribution in [0.4, 0.5) is 0 Å². The van der Waals surface area contributed by atoms with Crippen molar-refractivity contribution in [3.63, 3.8) is 0 Å². The molecule has 4 atom stereocenters. The largest absolute Gasteiger partial charge is 0.460 e. The van der Waals surface area contributed by atoms with Crippen molar-refractivity contribution in [2.75, 3.05) is 5.33 Å². The van der Waals surface area contributed by atoms with E-state index in [0.717, 1.165) is 12.8 Å². The van der Waals surface area contributed by atoms with Crippen LogP contribution in [0.15, 0.2) is 12.5 Å². The van der Waals surface area contributed by atoms with Crippen molar-refractivity contribution in [1.82, 2.24) is 19.5 Å². The summed E-state index contributed by atoms with van der Waals surface area (Å²) in [6, 6.07) is 0.307. The van der Waals surface area contributed by atoms with Crippen molar-refractivity contribution in [3.8, 4) is 6.01 Å². The second-order valence-electron chi connectivity index (χ2n) is 6.24. The van der Waals surface area contributed by atoms with Crippen molar-refractivity contribution in [2.24, 2.45) is 0 Å². The summed E-state index contributed by atoms with van der Waals surface area (Å²) in [7, 11) is 0. The summed E-state index contributed by atoms with van der Waals surface area (Å²) in [5, 5.41) is 20.7. The quantitative estimate of drug-likeness (QED) is 0.744. The topological polar surface area (TPSA) is 103 Å². The molecular formula is C15H19BrN4O4. The van der Waals surface area contributed by atoms with Crippen LogP contribution < -0.4 is 4.74 Å². The number of aliphatic hydroxyl groups excluding tert-OH is 2. The maximum absolute atomic E-state index is 10.3. The van der Waals surface area contributed by atoms with Gasteiger partial charge in [-0.05, 0) is 25.7 Å². The van der Waals surface area contributed by atoms with Gasteiger partial charge in [0.25, 0.3) is 0 Å². The van der Waals surface area contributed by atoms with Gasteiger partial charge in [0.1, 0.15) is 23.8 Å². The summed E-state index contributed by atoms with van der Waals surface area (Å²) in [4.78, 5) is 12.9. The lowest BCUT2D eigenvalue weighted by atomic mass is 10.1. The predicted octanol–water partition coefficient (Wildman–Crippen LogP) is 1.16. The van der Waals surface area contributed by atoms with E-state index in [0.29, 0.717) is 22.5 Å². The van der Waals surface area contributed by atoms with Gasteiger partial charge in [0.15, 0.2) is 11.9 Å². The average Bonchev–Trinajstić information content (AvgIpc) is 3.29. The maximum atomic E-state index is 10.3. The molecule has 0 unspecified atom stereocenters. The Labute approximate surface area is 147 Å². The minimum atomic E-state index is -1.06. The predicted molar refractivity (Wildman–Crippen MR) is 87.9 cm³/mol. The highest BCUT2D eigenvalue weighted by atomic mass is 79.9. The fraction of sp³-hybridized carbons (Fsp3) is 0.667. The van der Waals surface area contributed by atoms with Gasteiger partial charge in [0.05, 0.1) is 18.6 Å². The molecule has 0 aromatic carbocycles. The third-order valence-electron chi connectivity index (χ3n) is 4.63. The van der Waals surface area contributed by atoms with Crippen molar-refractivity contribution < 1.29 is 19.7 Å². The number of fused-ring (bicyclic) bond motifs is 1. The molecule has 130 valence electrons. The lowest BCUT2D eigenvalue weighted by Crippen LogP contribution is -2.32. The van der Waals surface area contributed by atoms with E-state index in [-0.39, 0.29) is 6.10 Å². The molecule has 2 N–H and O–H groups in total. The molecule has 1 aliphatic carbocycles. The number of rotatable bonds is 4. The molecular weight excluding hydrogens is 380 g/mol. The highest BCUT2D eigenvalue weighted by Crippen LogP contribution is 2.32. The molecule has 2 aliphatic rings. The summed E-state index contributed by atoms with van der Waals surface area (Å²) in [5.74, 6) is 0. The molecule has 1 saturated carbocycles. The van der Waals surface area contributed by atoms with E-state index in [2.05, 4.69) is 30.9 Å². The molecule has 0 amide bonds. The average molecular weight is 399 g/mol. The molecule has 2 aromatic rings. The Kier molecular flexibility index (Phi) is 4.42. The summed E-state index contributed by atoms with van der Waals surface area (Å²) in [6.45, 7) is 0. The summed E-state index contributed by atoms with van der Waals surface area (Å²) < 4.78 is 13.2. The first kappa shape index (κ1) is 16.2. The van der Waals surface area contributed by atoms with Gasteiger partial charge in [-0.1, -0.05) is 15.9 Å². The standard InChI is InChI=1S/C15H19BrN4O4/c16-5-10-11(21)12(22)14(24-10)20-7-18-9-6-17-15(19-13(9)20)23-8-3-1-2-4-8/h6-8,10-12,14,21-22H,1-5H2/t10-,11-,12-,14-/m1/s1. The van der Waals surface area contributed by atoms with E-state index in [9.17, 15) is 10.2 Å². The molecule has 24 heavy (non-hydrogen) atoms. The number of alkyl halides is 1. The zero-order valence-electron chi connectivity index (χ0n) is 13.0. The van der Waals surface area contributed by atoms with E-state index in [1.165, 1.54) is 19.2 Å². The van der Waals surface area contributed by atoms with Crippen LogP contribution in [0.25, 0.3) is 11.2 Å². The van der Waals surface area contributed by atoms with Crippen LogP contribution in [0.3, 0.4) is 0 Å². The number of hydrogen-bond donors (Lipinski definition) is 2. The third kappa shape index (κ3) is 2.79. The lowest BCUT2D eigenvalue weighted by molar-refractivity contribution is -0.0287. The molecule has 3 heterocycles. The first-order valence-electron chi connectivity index (χ1n) is 8.11. The first-order valence-corrected chi connectivity index (χ1v) is 9.23. The van der Waals surface area contributed by atoms with E-state index >= 15 is 0 Å². The number of hydrogen-bond acceptors (Lipinski definition) is 7. The summed E-state index contributed by atoms with van der Waals surface area (Å²) in [6.07, 6.45) is 4.40. The molecule has 2 aromatic heterocycles. The van der Waals surface area contributed by atoms with Crippen LogP contribution in [0.5, 0.6) is 6.01 Å². The van der Waals surface area contributed by atoms with Gasteiger partial charge in [-0.3, -0.25) is 4.57 Å². The molecule has 0 bridgehead atoms. The Morgan fingerprint density at radius 1 is 1.25 bits per heavy atom. The number of aromatic nitrogens is 4. The number of ether oxygens (including phenoxy) is 2. The molecule has 0 spiro atoms. The first-order chi connectivity index (χ1) is 11.7. The van der Waals surface area contributed by atoms with Gasteiger partial charge < -0.3 is 19.7 Å². The van der Waals surface area contributed by atoms with Crippen molar-refractivity contribution in [1.29, 1.82) is 0 Å². The molecule has 1 aliphatic heterocycles. The number of imidazole rings is 1. The minimum Gasteiger partial charge on any atom is -0.460 e. The van der Waals surface area contributed by atoms with E-state index < -0.39 is 24.5 Å². The molecule has 8 nitrogen and oxygen atoms in total. The van der Waals surface area contributed by atoms with Gasteiger partial charge in [0, 0.05) is 5.33 Å². The van der Waals surface area contributed by atoms with Crippen LogP contribution in [0, 0.1) is 0 Å². The Balaban J connectivity index is 1.63. The van der Waals surface area contributed by atoms with Crippen LogP contribution in [-0.4, -0.2) is 59.5 Å². The SMILES string of the molecule is O[C@@H]1[C@H](O)[C@@H](CBr)O[C@H]1n1cnc2cnc(OC3CCCC3)nc21. The van der Waals surface area contributed by atoms with Crippen molar-refractivity contribution in [2.45, 2.75) is 56.3 Å². The van der Waals surface area contributed by atoms with Crippen LogP contribution in [0.1, 0.15) is 31.9 Å². The Morgan fingerprint density at radius 2 is 2.04 bits per heavy atom. The van der Waals surface area contributed by atoms with Crippen LogP contribution >= 0.6 is 15.9 Å². The zero-order chi connectivity index (χ0) is 16.7. The van der Waals surface area contributed by atoms with E-state index in [4.69, 9.17) is 9.47 Å². The van der Waals surface area contributed by atoms with Gasteiger partial charge in [-0.2, -0.15) is 4.98 Å². The smallest absolute Gasteiger partial charge is 0.318 e. The monoisotopic (exact) mass is 398 g/mol. The van der Waals surface area contributed by atoms with Crippen LogP contribution in [0.2, 0.25) is 0 Å². The molecule has 9 heteroatoms. The second kappa shape index (κ2) is 6.55. The normalized spacial score (nSPS) is 31.1. The van der Waals surface area contributed by atoms with Crippen LogP contribution in [-0.2, 0) is 4.74 Å². The molecule has 0 radical (unpaired) electrons. The molecule has 2 fully saturated rings. The van der Waals surface area contributed by atoms with Crippen molar-refractivity contribution in [3.05, 3.63) is 12.5 Å². The number of halogens is 1. The highest BCUT2D eigenvalue weighted by molar-refractivity contribution is 9.09. The van der Waals surface area contributed by atoms with E-state index in [1.807, 2.05) is 0 Å². The second-order valence-corrected chi connectivity index (χ2v) is 6.89. The Bertz CT molecular complexity index is 721. The maximum Gasteiger partial charge on any atom is 0.318 e. The summed E-state index contributed by atoms with van der Waals surface area (Å²) >= 11 is 3.28. The fourth-order valence-electron chi connectivity index (χ4n) is 3.30. The highest BCUT2D eigenvalue weighted by Gasteiger charge is 2.43. The van der Waals surface area contributed by atoms with Gasteiger partial charge in [-0.15, -0.1) is 0 Å². The van der Waals surface area contributed by atoms with E-state index in [1.54, 1.807) is 10.8 Å². The fourth-order valence-corrected chi connectivity index (χ4v) is 3.83.